The lowest BCUT2D eigenvalue weighted by molar-refractivity contribution is 0.112. The predicted molar refractivity (Wildman–Crippen MR) is 67.2 cm³/mol. The van der Waals surface area contributed by atoms with Gasteiger partial charge in [-0.3, -0.25) is 4.90 Å². The molecule has 1 rings (SSSR count). The Labute approximate surface area is 95.4 Å². The molecule has 2 unspecified atom stereocenters. The van der Waals surface area contributed by atoms with Crippen molar-refractivity contribution in [2.24, 2.45) is 5.92 Å². The molecule has 0 aromatic carbocycles. The van der Waals surface area contributed by atoms with Crippen molar-refractivity contribution in [3.05, 3.63) is 0 Å². The van der Waals surface area contributed by atoms with Crippen LogP contribution in [0.4, 0.5) is 0 Å². The molecule has 0 bridgehead atoms. The maximum Gasteiger partial charge on any atom is 0.0246 e. The number of hydrogen-bond donors (Lipinski definition) is 1. The van der Waals surface area contributed by atoms with Crippen LogP contribution in [0.3, 0.4) is 0 Å². The normalized spacial score (nSPS) is 26.6. The summed E-state index contributed by atoms with van der Waals surface area (Å²) in [5.74, 6) is 0.748. The summed E-state index contributed by atoms with van der Waals surface area (Å²) in [6, 6.07) is 1.48. The second kappa shape index (κ2) is 6.49. The van der Waals surface area contributed by atoms with Gasteiger partial charge in [0.15, 0.2) is 0 Å². The van der Waals surface area contributed by atoms with Crippen LogP contribution in [-0.4, -0.2) is 37.1 Å². The summed E-state index contributed by atoms with van der Waals surface area (Å²) < 4.78 is 0. The molecule has 0 radical (unpaired) electrons. The van der Waals surface area contributed by atoms with Gasteiger partial charge in [-0.1, -0.05) is 26.7 Å². The van der Waals surface area contributed by atoms with Gasteiger partial charge in [-0.05, 0) is 39.3 Å². The molecule has 2 atom stereocenters. The van der Waals surface area contributed by atoms with Crippen LogP contribution in [0.25, 0.3) is 0 Å². The Bertz CT molecular complexity index is 168. The molecular formula is C13H28N2. The first-order valence-electron chi connectivity index (χ1n) is 6.57. The lowest BCUT2D eigenvalue weighted by Gasteiger charge is -2.37. The molecule has 15 heavy (non-hydrogen) atoms. The Morgan fingerprint density at radius 3 is 2.60 bits per heavy atom. The van der Waals surface area contributed by atoms with Gasteiger partial charge in [0.05, 0.1) is 0 Å². The van der Waals surface area contributed by atoms with E-state index in [1.807, 2.05) is 0 Å². The average Bonchev–Trinajstić information content (AvgIpc) is 2.39. The van der Waals surface area contributed by atoms with E-state index in [0.29, 0.717) is 6.04 Å². The second-order valence-electron chi connectivity index (χ2n) is 5.31. The number of rotatable bonds is 4. The number of likely N-dealkylation sites (N-methyl/N-ethyl adjacent to an activating group) is 1. The van der Waals surface area contributed by atoms with E-state index in [4.69, 9.17) is 0 Å². The summed E-state index contributed by atoms with van der Waals surface area (Å²) in [4.78, 5) is 2.73. The highest BCUT2D eigenvalue weighted by Crippen LogP contribution is 2.21. The molecule has 2 heteroatoms. The van der Waals surface area contributed by atoms with Crippen molar-refractivity contribution >= 4 is 0 Å². The Morgan fingerprint density at radius 2 is 2.00 bits per heavy atom. The standard InChI is InChI=1S/C13H28N2/c1-11(2)13(10-14-4)15-9-7-5-6-8-12(15)3/h11-14H,5-10H2,1-4H3. The van der Waals surface area contributed by atoms with Crippen molar-refractivity contribution in [1.82, 2.24) is 10.2 Å². The Balaban J connectivity index is 2.61. The van der Waals surface area contributed by atoms with Crippen molar-refractivity contribution in [2.45, 2.75) is 58.5 Å². The van der Waals surface area contributed by atoms with E-state index in [0.717, 1.165) is 18.5 Å². The Hall–Kier alpha value is -0.0800. The molecule has 90 valence electrons. The van der Waals surface area contributed by atoms with Crippen LogP contribution < -0.4 is 5.32 Å². The molecular weight excluding hydrogens is 184 g/mol. The van der Waals surface area contributed by atoms with E-state index in [1.165, 1.54) is 32.2 Å². The zero-order valence-corrected chi connectivity index (χ0v) is 10.9. The summed E-state index contributed by atoms with van der Waals surface area (Å²) in [6.07, 6.45) is 5.61. The van der Waals surface area contributed by atoms with Crippen molar-refractivity contribution in [3.8, 4) is 0 Å². The van der Waals surface area contributed by atoms with Crippen LogP contribution in [0.15, 0.2) is 0 Å². The second-order valence-corrected chi connectivity index (χ2v) is 5.31. The fourth-order valence-corrected chi connectivity index (χ4v) is 2.73. The molecule has 1 fully saturated rings. The van der Waals surface area contributed by atoms with E-state index < -0.39 is 0 Å². The molecule has 1 N–H and O–H groups in total. The van der Waals surface area contributed by atoms with Crippen LogP contribution in [0.2, 0.25) is 0 Å². The molecule has 1 heterocycles. The highest BCUT2D eigenvalue weighted by molar-refractivity contribution is 4.82. The molecule has 0 spiro atoms. The minimum Gasteiger partial charge on any atom is -0.318 e. The monoisotopic (exact) mass is 212 g/mol. The summed E-state index contributed by atoms with van der Waals surface area (Å²) in [5, 5.41) is 3.35. The first-order valence-corrected chi connectivity index (χ1v) is 6.57. The minimum atomic E-state index is 0.711. The lowest BCUT2D eigenvalue weighted by Crippen LogP contribution is -2.49. The van der Waals surface area contributed by atoms with E-state index >= 15 is 0 Å². The maximum absolute atomic E-state index is 3.35. The van der Waals surface area contributed by atoms with Gasteiger partial charge in [0.1, 0.15) is 0 Å². The van der Waals surface area contributed by atoms with Crippen LogP contribution in [0.1, 0.15) is 46.5 Å². The zero-order valence-electron chi connectivity index (χ0n) is 10.9. The molecule has 0 aromatic heterocycles. The van der Waals surface area contributed by atoms with E-state index in [-0.39, 0.29) is 0 Å². The topological polar surface area (TPSA) is 15.3 Å². The number of likely N-dealkylation sites (tertiary alicyclic amines) is 1. The quantitative estimate of drug-likeness (QED) is 0.770. The fourth-order valence-electron chi connectivity index (χ4n) is 2.73. The third kappa shape index (κ3) is 3.76. The molecule has 0 aliphatic carbocycles. The number of hydrogen-bond acceptors (Lipinski definition) is 2. The summed E-state index contributed by atoms with van der Waals surface area (Å²) >= 11 is 0. The SMILES string of the molecule is CNCC(C(C)C)N1CCCCCC1C. The zero-order chi connectivity index (χ0) is 11.3. The van der Waals surface area contributed by atoms with Gasteiger partial charge in [-0.2, -0.15) is 0 Å². The molecule has 1 aliphatic rings. The van der Waals surface area contributed by atoms with E-state index in [1.54, 1.807) is 0 Å². The predicted octanol–water partition coefficient (Wildman–Crippen LogP) is 2.49. The van der Waals surface area contributed by atoms with E-state index in [2.05, 4.69) is 38.0 Å². The summed E-state index contributed by atoms with van der Waals surface area (Å²) in [7, 11) is 2.07. The largest absolute Gasteiger partial charge is 0.318 e. The third-order valence-corrected chi connectivity index (χ3v) is 3.71. The molecule has 0 amide bonds. The number of nitrogens with one attached hydrogen (secondary N) is 1. The molecule has 1 aliphatic heterocycles. The highest BCUT2D eigenvalue weighted by atomic mass is 15.2. The number of nitrogens with zero attached hydrogens (tertiary/aromatic N) is 1. The average molecular weight is 212 g/mol. The lowest BCUT2D eigenvalue weighted by atomic mass is 10.00. The van der Waals surface area contributed by atoms with Crippen molar-refractivity contribution in [1.29, 1.82) is 0 Å². The van der Waals surface area contributed by atoms with Gasteiger partial charge >= 0.3 is 0 Å². The van der Waals surface area contributed by atoms with Crippen LogP contribution >= 0.6 is 0 Å². The highest BCUT2D eigenvalue weighted by Gasteiger charge is 2.26. The van der Waals surface area contributed by atoms with Crippen molar-refractivity contribution in [3.63, 3.8) is 0 Å². The van der Waals surface area contributed by atoms with Gasteiger partial charge < -0.3 is 5.32 Å². The smallest absolute Gasteiger partial charge is 0.0246 e. The third-order valence-electron chi connectivity index (χ3n) is 3.71. The first kappa shape index (κ1) is 13.0. The minimum absolute atomic E-state index is 0.711. The summed E-state index contributed by atoms with van der Waals surface area (Å²) in [6.45, 7) is 9.52. The van der Waals surface area contributed by atoms with Gasteiger partial charge in [0.2, 0.25) is 0 Å². The van der Waals surface area contributed by atoms with Gasteiger partial charge in [0, 0.05) is 18.6 Å². The van der Waals surface area contributed by atoms with Gasteiger partial charge in [-0.25, -0.2) is 0 Å². The van der Waals surface area contributed by atoms with E-state index in [9.17, 15) is 0 Å². The first-order chi connectivity index (χ1) is 7.16. The molecule has 1 saturated heterocycles. The van der Waals surface area contributed by atoms with Gasteiger partial charge in [0.25, 0.3) is 0 Å². The summed E-state index contributed by atoms with van der Waals surface area (Å²) in [5.41, 5.74) is 0. The molecule has 0 saturated carbocycles. The fraction of sp³-hybridized carbons (Fsp3) is 1.00. The maximum atomic E-state index is 3.35. The Kier molecular flexibility index (Phi) is 5.62. The van der Waals surface area contributed by atoms with Gasteiger partial charge in [-0.15, -0.1) is 0 Å². The van der Waals surface area contributed by atoms with Crippen molar-refractivity contribution < 1.29 is 0 Å². The van der Waals surface area contributed by atoms with Crippen LogP contribution in [0.5, 0.6) is 0 Å². The molecule has 2 nitrogen and oxygen atoms in total. The Morgan fingerprint density at radius 1 is 1.27 bits per heavy atom. The van der Waals surface area contributed by atoms with Crippen LogP contribution in [-0.2, 0) is 0 Å². The van der Waals surface area contributed by atoms with Crippen LogP contribution in [0, 0.1) is 5.92 Å². The molecule has 0 aromatic rings. The van der Waals surface area contributed by atoms with Crippen molar-refractivity contribution in [2.75, 3.05) is 20.1 Å².